The first kappa shape index (κ1) is 12.6. The maximum absolute atomic E-state index is 6.02. The number of nitrogens with zero attached hydrogens (tertiary/aromatic N) is 1. The van der Waals surface area contributed by atoms with Crippen LogP contribution in [0.4, 0.5) is 0 Å². The van der Waals surface area contributed by atoms with Crippen LogP contribution in [-0.2, 0) is 0 Å². The van der Waals surface area contributed by atoms with Crippen LogP contribution in [0.1, 0.15) is 49.4 Å². The van der Waals surface area contributed by atoms with Crippen molar-refractivity contribution in [3.8, 4) is 0 Å². The van der Waals surface area contributed by atoms with Gasteiger partial charge in [0.25, 0.3) is 0 Å². The summed E-state index contributed by atoms with van der Waals surface area (Å²) in [6, 6.07) is 6.39. The topological polar surface area (TPSA) is 29.3 Å². The molecule has 3 heteroatoms. The van der Waals surface area contributed by atoms with Gasteiger partial charge in [0.1, 0.15) is 0 Å². The molecule has 2 aliphatic rings. The van der Waals surface area contributed by atoms with E-state index in [1.165, 1.54) is 38.5 Å². The summed E-state index contributed by atoms with van der Waals surface area (Å²) in [6.07, 6.45) is 7.81. The average Bonchev–Trinajstić information content (AvgIpc) is 3.05. The minimum atomic E-state index is 0.454. The summed E-state index contributed by atoms with van der Waals surface area (Å²) in [4.78, 5) is 4.23. The van der Waals surface area contributed by atoms with Crippen molar-refractivity contribution < 1.29 is 0 Å². The number of hydrogen-bond donors (Lipinski definition) is 1. The van der Waals surface area contributed by atoms with Gasteiger partial charge in [-0.2, -0.15) is 0 Å². The Labute approximate surface area is 114 Å². The van der Waals surface area contributed by atoms with Crippen LogP contribution in [0.3, 0.4) is 0 Å². The SMILES string of the molecule is CN(C1CCC(N)CC1)C(c1cccs1)C1CC1. The summed E-state index contributed by atoms with van der Waals surface area (Å²) in [5.74, 6) is 0.907. The van der Waals surface area contributed by atoms with Crippen LogP contribution >= 0.6 is 11.3 Å². The zero-order valence-electron chi connectivity index (χ0n) is 11.2. The predicted octanol–water partition coefficient (Wildman–Crippen LogP) is 3.40. The summed E-state index contributed by atoms with van der Waals surface area (Å²) in [6.45, 7) is 0. The van der Waals surface area contributed by atoms with Crippen LogP contribution in [0.25, 0.3) is 0 Å². The molecule has 3 rings (SSSR count). The second kappa shape index (κ2) is 5.32. The molecule has 0 saturated heterocycles. The van der Waals surface area contributed by atoms with Crippen molar-refractivity contribution in [1.29, 1.82) is 0 Å². The van der Waals surface area contributed by atoms with Crippen molar-refractivity contribution in [2.45, 2.75) is 56.7 Å². The molecular formula is C15H24N2S. The molecule has 2 nitrogen and oxygen atoms in total. The van der Waals surface area contributed by atoms with Crippen molar-refractivity contribution in [2.24, 2.45) is 11.7 Å². The van der Waals surface area contributed by atoms with Gasteiger partial charge in [0.2, 0.25) is 0 Å². The molecule has 1 unspecified atom stereocenters. The Kier molecular flexibility index (Phi) is 3.73. The van der Waals surface area contributed by atoms with E-state index in [0.717, 1.165) is 12.0 Å². The molecule has 0 bridgehead atoms. The number of rotatable bonds is 4. The first-order chi connectivity index (χ1) is 8.75. The molecule has 0 spiro atoms. The Bertz CT molecular complexity index is 364. The molecule has 1 aromatic rings. The van der Waals surface area contributed by atoms with E-state index in [0.29, 0.717) is 12.1 Å². The minimum Gasteiger partial charge on any atom is -0.328 e. The van der Waals surface area contributed by atoms with Crippen molar-refractivity contribution in [1.82, 2.24) is 4.90 Å². The molecule has 1 aromatic heterocycles. The second-order valence-corrected chi connectivity index (χ2v) is 7.01. The first-order valence-corrected chi connectivity index (χ1v) is 8.14. The number of thiophene rings is 1. The first-order valence-electron chi connectivity index (χ1n) is 7.26. The molecule has 2 fully saturated rings. The lowest BCUT2D eigenvalue weighted by Gasteiger charge is -2.38. The monoisotopic (exact) mass is 264 g/mol. The van der Waals surface area contributed by atoms with Gasteiger partial charge in [-0.3, -0.25) is 4.90 Å². The summed E-state index contributed by atoms with van der Waals surface area (Å²) in [7, 11) is 2.34. The molecule has 2 aliphatic carbocycles. The van der Waals surface area contributed by atoms with Gasteiger partial charge >= 0.3 is 0 Å². The van der Waals surface area contributed by atoms with Crippen LogP contribution in [0.5, 0.6) is 0 Å². The van der Waals surface area contributed by atoms with Crippen molar-refractivity contribution >= 4 is 11.3 Å². The minimum absolute atomic E-state index is 0.454. The molecule has 0 radical (unpaired) electrons. The van der Waals surface area contributed by atoms with Crippen LogP contribution in [0.15, 0.2) is 17.5 Å². The Morgan fingerprint density at radius 1 is 1.22 bits per heavy atom. The molecular weight excluding hydrogens is 240 g/mol. The van der Waals surface area contributed by atoms with Crippen LogP contribution in [0, 0.1) is 5.92 Å². The van der Waals surface area contributed by atoms with E-state index in [1.54, 1.807) is 4.88 Å². The fourth-order valence-corrected chi connectivity index (χ4v) is 4.34. The molecule has 2 saturated carbocycles. The Morgan fingerprint density at radius 3 is 2.50 bits per heavy atom. The fraction of sp³-hybridized carbons (Fsp3) is 0.733. The predicted molar refractivity (Wildman–Crippen MR) is 77.8 cm³/mol. The van der Waals surface area contributed by atoms with Gasteiger partial charge in [-0.15, -0.1) is 11.3 Å². The van der Waals surface area contributed by atoms with Crippen molar-refractivity contribution in [3.63, 3.8) is 0 Å². The highest BCUT2D eigenvalue weighted by atomic mass is 32.1. The van der Waals surface area contributed by atoms with Gasteiger partial charge in [-0.25, -0.2) is 0 Å². The third kappa shape index (κ3) is 2.63. The molecule has 100 valence electrons. The molecule has 0 aromatic carbocycles. The molecule has 1 heterocycles. The zero-order chi connectivity index (χ0) is 12.5. The van der Waals surface area contributed by atoms with Gasteiger partial charge in [-0.05, 0) is 62.9 Å². The second-order valence-electron chi connectivity index (χ2n) is 6.03. The van der Waals surface area contributed by atoms with E-state index >= 15 is 0 Å². The number of hydrogen-bond acceptors (Lipinski definition) is 3. The van der Waals surface area contributed by atoms with Crippen LogP contribution in [0.2, 0.25) is 0 Å². The smallest absolute Gasteiger partial charge is 0.0469 e. The van der Waals surface area contributed by atoms with Gasteiger partial charge < -0.3 is 5.73 Å². The van der Waals surface area contributed by atoms with E-state index in [9.17, 15) is 0 Å². The van der Waals surface area contributed by atoms with Crippen LogP contribution < -0.4 is 5.73 Å². The van der Waals surface area contributed by atoms with Crippen molar-refractivity contribution in [3.05, 3.63) is 22.4 Å². The highest BCUT2D eigenvalue weighted by Crippen LogP contribution is 2.46. The van der Waals surface area contributed by atoms with Gasteiger partial charge in [0.05, 0.1) is 0 Å². The summed E-state index contributed by atoms with van der Waals surface area (Å²) >= 11 is 1.93. The van der Waals surface area contributed by atoms with Crippen molar-refractivity contribution in [2.75, 3.05) is 7.05 Å². The third-order valence-corrected chi connectivity index (χ3v) is 5.60. The van der Waals surface area contributed by atoms with Gasteiger partial charge in [0, 0.05) is 23.0 Å². The normalized spacial score (nSPS) is 30.6. The lowest BCUT2D eigenvalue weighted by molar-refractivity contribution is 0.120. The largest absolute Gasteiger partial charge is 0.328 e. The molecule has 1 atom stereocenters. The Morgan fingerprint density at radius 2 is 1.94 bits per heavy atom. The fourth-order valence-electron chi connectivity index (χ4n) is 3.37. The summed E-state index contributed by atoms with van der Waals surface area (Å²) < 4.78 is 0. The maximum Gasteiger partial charge on any atom is 0.0469 e. The molecule has 2 N–H and O–H groups in total. The van der Waals surface area contributed by atoms with Crippen LogP contribution in [-0.4, -0.2) is 24.0 Å². The van der Waals surface area contributed by atoms with E-state index in [4.69, 9.17) is 5.73 Å². The number of nitrogens with two attached hydrogens (primary N) is 1. The molecule has 18 heavy (non-hydrogen) atoms. The maximum atomic E-state index is 6.02. The highest BCUT2D eigenvalue weighted by molar-refractivity contribution is 7.10. The van der Waals surface area contributed by atoms with E-state index in [1.807, 2.05) is 11.3 Å². The van der Waals surface area contributed by atoms with E-state index in [2.05, 4.69) is 29.5 Å². The lowest BCUT2D eigenvalue weighted by Crippen LogP contribution is -2.41. The summed E-state index contributed by atoms with van der Waals surface area (Å²) in [5.41, 5.74) is 6.02. The Balaban J connectivity index is 1.70. The molecule has 0 aliphatic heterocycles. The van der Waals surface area contributed by atoms with E-state index < -0.39 is 0 Å². The quantitative estimate of drug-likeness (QED) is 0.903. The molecule has 0 amide bonds. The van der Waals surface area contributed by atoms with Gasteiger partial charge in [-0.1, -0.05) is 6.07 Å². The van der Waals surface area contributed by atoms with E-state index in [-0.39, 0.29) is 0 Å². The van der Waals surface area contributed by atoms with Gasteiger partial charge in [0.15, 0.2) is 0 Å². The standard InChI is InChI=1S/C15H24N2S/c1-17(13-8-6-12(16)7-9-13)15(11-4-5-11)14-3-2-10-18-14/h2-3,10-13,15H,4-9,16H2,1H3. The Hall–Kier alpha value is -0.380. The lowest BCUT2D eigenvalue weighted by atomic mass is 9.89. The highest BCUT2D eigenvalue weighted by Gasteiger charge is 2.38. The third-order valence-electron chi connectivity index (χ3n) is 4.66. The average molecular weight is 264 g/mol. The zero-order valence-corrected chi connectivity index (χ0v) is 12.0. The summed E-state index contributed by atoms with van der Waals surface area (Å²) in [5, 5.41) is 2.22.